The largest absolute Gasteiger partial charge is 0.453 e. The van der Waals surface area contributed by atoms with E-state index in [-0.39, 0.29) is 12.1 Å². The number of benzene rings is 1. The van der Waals surface area contributed by atoms with Gasteiger partial charge in [0.25, 0.3) is 0 Å². The van der Waals surface area contributed by atoms with Crippen molar-refractivity contribution in [2.45, 2.75) is 50.9 Å². The molecule has 0 saturated heterocycles. The van der Waals surface area contributed by atoms with E-state index in [0.29, 0.717) is 19.1 Å². The SMILES string of the molecule is COC(=O)N[C@H](COCc1ccccc1)[C@@H](OC)C1CCCCC1. The second-order valence-corrected chi connectivity index (χ2v) is 6.34. The van der Waals surface area contributed by atoms with Crippen LogP contribution in [0.15, 0.2) is 30.3 Å². The number of rotatable bonds is 8. The summed E-state index contributed by atoms with van der Waals surface area (Å²) in [6.45, 7) is 0.917. The zero-order chi connectivity index (χ0) is 17.2. The van der Waals surface area contributed by atoms with Crippen molar-refractivity contribution in [2.24, 2.45) is 5.92 Å². The van der Waals surface area contributed by atoms with Gasteiger partial charge in [-0.15, -0.1) is 0 Å². The summed E-state index contributed by atoms with van der Waals surface area (Å²) in [6, 6.07) is 9.80. The number of hydrogen-bond acceptors (Lipinski definition) is 4. The van der Waals surface area contributed by atoms with E-state index in [1.165, 1.54) is 26.4 Å². The third kappa shape index (κ3) is 5.80. The van der Waals surface area contributed by atoms with Gasteiger partial charge in [0.2, 0.25) is 0 Å². The Kier molecular flexibility index (Phi) is 8.05. The highest BCUT2D eigenvalue weighted by molar-refractivity contribution is 5.67. The minimum atomic E-state index is -0.443. The standard InChI is InChI=1S/C19H29NO4/c1-22-18(16-11-7-4-8-12-16)17(20-19(21)23-2)14-24-13-15-9-5-3-6-10-15/h3,5-6,9-10,16-18H,4,7-8,11-14H2,1-2H3,(H,20,21)/t17-,18+/m1/s1. The highest BCUT2D eigenvalue weighted by Crippen LogP contribution is 2.29. The first kappa shape index (κ1) is 18.7. The van der Waals surface area contributed by atoms with Crippen molar-refractivity contribution in [3.05, 3.63) is 35.9 Å². The lowest BCUT2D eigenvalue weighted by atomic mass is 9.82. The lowest BCUT2D eigenvalue weighted by molar-refractivity contribution is -0.0224. The van der Waals surface area contributed by atoms with Gasteiger partial charge in [-0.05, 0) is 24.3 Å². The van der Waals surface area contributed by atoms with E-state index in [0.717, 1.165) is 18.4 Å². The Morgan fingerprint density at radius 1 is 1.17 bits per heavy atom. The molecule has 1 N–H and O–H groups in total. The normalized spacial score (nSPS) is 17.9. The second kappa shape index (κ2) is 10.3. The summed E-state index contributed by atoms with van der Waals surface area (Å²) in [4.78, 5) is 11.7. The number of nitrogens with one attached hydrogen (secondary N) is 1. The van der Waals surface area contributed by atoms with Crippen LogP contribution in [0.1, 0.15) is 37.7 Å². The molecule has 0 aromatic heterocycles. The molecule has 2 rings (SSSR count). The van der Waals surface area contributed by atoms with Gasteiger partial charge in [-0.1, -0.05) is 49.6 Å². The molecule has 1 aromatic rings. The fourth-order valence-corrected chi connectivity index (χ4v) is 3.45. The molecule has 134 valence electrons. The number of ether oxygens (including phenoxy) is 3. The summed E-state index contributed by atoms with van der Waals surface area (Å²) in [6.07, 6.45) is 5.50. The maximum Gasteiger partial charge on any atom is 0.407 e. The van der Waals surface area contributed by atoms with E-state index in [9.17, 15) is 4.79 Å². The highest BCUT2D eigenvalue weighted by atomic mass is 16.5. The molecule has 0 aliphatic heterocycles. The van der Waals surface area contributed by atoms with Crippen LogP contribution in [0.4, 0.5) is 4.79 Å². The van der Waals surface area contributed by atoms with Crippen molar-refractivity contribution in [1.82, 2.24) is 5.32 Å². The molecule has 0 unspecified atom stereocenters. The van der Waals surface area contributed by atoms with E-state index in [2.05, 4.69) is 5.32 Å². The molecule has 5 nitrogen and oxygen atoms in total. The first-order valence-electron chi connectivity index (χ1n) is 8.73. The van der Waals surface area contributed by atoms with Gasteiger partial charge in [0.05, 0.1) is 32.5 Å². The van der Waals surface area contributed by atoms with E-state index in [1.807, 2.05) is 30.3 Å². The van der Waals surface area contributed by atoms with Crippen molar-refractivity contribution in [2.75, 3.05) is 20.8 Å². The molecular weight excluding hydrogens is 306 g/mol. The maximum absolute atomic E-state index is 11.7. The summed E-state index contributed by atoms with van der Waals surface area (Å²) >= 11 is 0. The van der Waals surface area contributed by atoms with Crippen LogP contribution < -0.4 is 5.32 Å². The molecule has 24 heavy (non-hydrogen) atoms. The zero-order valence-corrected chi connectivity index (χ0v) is 14.7. The van der Waals surface area contributed by atoms with Gasteiger partial charge in [0.1, 0.15) is 0 Å². The Balaban J connectivity index is 1.95. The summed E-state index contributed by atoms with van der Waals surface area (Å²) < 4.78 is 16.4. The first-order chi connectivity index (χ1) is 11.7. The minimum Gasteiger partial charge on any atom is -0.453 e. The van der Waals surface area contributed by atoms with Crippen LogP contribution >= 0.6 is 0 Å². The Bertz CT molecular complexity index is 474. The molecule has 0 radical (unpaired) electrons. The molecule has 1 amide bonds. The summed E-state index contributed by atoms with van der Waals surface area (Å²) in [5.74, 6) is 0.450. The van der Waals surface area contributed by atoms with Crippen LogP contribution in [-0.2, 0) is 20.8 Å². The molecule has 1 aliphatic rings. The van der Waals surface area contributed by atoms with Gasteiger partial charge in [-0.2, -0.15) is 0 Å². The predicted molar refractivity (Wildman–Crippen MR) is 92.8 cm³/mol. The Hall–Kier alpha value is -1.59. The maximum atomic E-state index is 11.7. The number of carbonyl (C=O) groups excluding carboxylic acids is 1. The van der Waals surface area contributed by atoms with E-state index >= 15 is 0 Å². The first-order valence-corrected chi connectivity index (χ1v) is 8.73. The average Bonchev–Trinajstić information content (AvgIpc) is 2.64. The highest BCUT2D eigenvalue weighted by Gasteiger charge is 2.32. The molecule has 1 fully saturated rings. The van der Waals surface area contributed by atoms with Gasteiger partial charge < -0.3 is 19.5 Å². The molecule has 0 bridgehead atoms. The van der Waals surface area contributed by atoms with Crippen LogP contribution in [0.2, 0.25) is 0 Å². The van der Waals surface area contributed by atoms with Gasteiger partial charge in [0, 0.05) is 7.11 Å². The zero-order valence-electron chi connectivity index (χ0n) is 14.7. The van der Waals surface area contributed by atoms with Crippen LogP contribution in [0.3, 0.4) is 0 Å². The monoisotopic (exact) mass is 335 g/mol. The van der Waals surface area contributed by atoms with E-state index in [4.69, 9.17) is 14.2 Å². The molecule has 0 spiro atoms. The summed E-state index contributed by atoms with van der Waals surface area (Å²) in [5, 5.41) is 2.89. The molecule has 2 atom stereocenters. The lowest BCUT2D eigenvalue weighted by Gasteiger charge is -2.34. The van der Waals surface area contributed by atoms with Crippen LogP contribution in [-0.4, -0.2) is 39.1 Å². The third-order valence-electron chi connectivity index (χ3n) is 4.68. The fraction of sp³-hybridized carbons (Fsp3) is 0.632. The van der Waals surface area contributed by atoms with Crippen molar-refractivity contribution in [3.8, 4) is 0 Å². The summed E-state index contributed by atoms with van der Waals surface area (Å²) in [5.41, 5.74) is 1.11. The average molecular weight is 335 g/mol. The molecule has 1 aromatic carbocycles. The molecule has 0 heterocycles. The quantitative estimate of drug-likeness (QED) is 0.790. The molecule has 1 saturated carbocycles. The molecule has 1 aliphatic carbocycles. The topological polar surface area (TPSA) is 56.8 Å². The van der Waals surface area contributed by atoms with E-state index < -0.39 is 6.09 Å². The van der Waals surface area contributed by atoms with Crippen molar-refractivity contribution >= 4 is 6.09 Å². The lowest BCUT2D eigenvalue weighted by Crippen LogP contribution is -2.50. The van der Waals surface area contributed by atoms with Crippen molar-refractivity contribution < 1.29 is 19.0 Å². The fourth-order valence-electron chi connectivity index (χ4n) is 3.45. The number of carbonyl (C=O) groups is 1. The Labute approximate surface area is 144 Å². The Morgan fingerprint density at radius 2 is 1.88 bits per heavy atom. The minimum absolute atomic E-state index is 0.0554. The molecular formula is C19H29NO4. The predicted octanol–water partition coefficient (Wildman–Crippen LogP) is 3.52. The van der Waals surface area contributed by atoms with Gasteiger partial charge in [0.15, 0.2) is 0 Å². The van der Waals surface area contributed by atoms with Crippen molar-refractivity contribution in [1.29, 1.82) is 0 Å². The Morgan fingerprint density at radius 3 is 2.50 bits per heavy atom. The summed E-state index contributed by atoms with van der Waals surface area (Å²) in [7, 11) is 3.09. The number of amides is 1. The number of alkyl carbamates (subject to hydrolysis) is 1. The number of hydrogen-bond donors (Lipinski definition) is 1. The van der Waals surface area contributed by atoms with Gasteiger partial charge >= 0.3 is 6.09 Å². The third-order valence-corrected chi connectivity index (χ3v) is 4.68. The van der Waals surface area contributed by atoms with Crippen LogP contribution in [0.5, 0.6) is 0 Å². The smallest absolute Gasteiger partial charge is 0.407 e. The van der Waals surface area contributed by atoms with Gasteiger partial charge in [-0.25, -0.2) is 4.79 Å². The second-order valence-electron chi connectivity index (χ2n) is 6.34. The van der Waals surface area contributed by atoms with Crippen molar-refractivity contribution in [3.63, 3.8) is 0 Å². The number of methoxy groups -OCH3 is 2. The van der Waals surface area contributed by atoms with Gasteiger partial charge in [-0.3, -0.25) is 0 Å². The van der Waals surface area contributed by atoms with Crippen LogP contribution in [0.25, 0.3) is 0 Å². The van der Waals surface area contributed by atoms with E-state index in [1.54, 1.807) is 7.11 Å². The van der Waals surface area contributed by atoms with Crippen LogP contribution in [0, 0.1) is 5.92 Å². The molecule has 5 heteroatoms.